The second-order valence-electron chi connectivity index (χ2n) is 4.79. The van der Waals surface area contributed by atoms with E-state index in [0.717, 1.165) is 5.69 Å². The standard InChI is InChI=1S/C13H19N3O2/c1-8(2)14-7-9(17)6-11-13-10(15-16-11)4-3-5-12(13)18/h3-5,8-9,14,17-18H,6-7H2,1-2H3,(H,15,16). The summed E-state index contributed by atoms with van der Waals surface area (Å²) in [6.07, 6.45) is -0.0657. The van der Waals surface area contributed by atoms with Crippen molar-refractivity contribution in [1.29, 1.82) is 0 Å². The van der Waals surface area contributed by atoms with Gasteiger partial charge in [0.2, 0.25) is 0 Å². The molecule has 0 amide bonds. The van der Waals surface area contributed by atoms with Crippen LogP contribution < -0.4 is 5.32 Å². The number of aliphatic hydroxyl groups is 1. The third-order valence-electron chi connectivity index (χ3n) is 2.84. The van der Waals surface area contributed by atoms with Crippen molar-refractivity contribution in [2.45, 2.75) is 32.4 Å². The lowest BCUT2D eigenvalue weighted by Crippen LogP contribution is -2.33. The maximum Gasteiger partial charge on any atom is 0.126 e. The SMILES string of the molecule is CC(C)NCC(O)Cc1[nH]nc2cccc(O)c12. The first-order valence-electron chi connectivity index (χ1n) is 6.14. The highest BCUT2D eigenvalue weighted by molar-refractivity contribution is 5.87. The predicted octanol–water partition coefficient (Wildman–Crippen LogP) is 1.17. The number of phenols is 1. The Morgan fingerprint density at radius 3 is 2.89 bits per heavy atom. The highest BCUT2D eigenvalue weighted by Crippen LogP contribution is 2.26. The maximum absolute atomic E-state index is 9.93. The number of hydrogen-bond donors (Lipinski definition) is 4. The van der Waals surface area contributed by atoms with Crippen molar-refractivity contribution in [2.24, 2.45) is 0 Å². The second-order valence-corrected chi connectivity index (χ2v) is 4.79. The summed E-state index contributed by atoms with van der Waals surface area (Å²) in [4.78, 5) is 0. The summed E-state index contributed by atoms with van der Waals surface area (Å²) in [5, 5.41) is 30.6. The largest absolute Gasteiger partial charge is 0.507 e. The average molecular weight is 249 g/mol. The molecular weight excluding hydrogens is 230 g/mol. The summed E-state index contributed by atoms with van der Waals surface area (Å²) in [5.74, 6) is 0.195. The number of nitrogens with one attached hydrogen (secondary N) is 2. The van der Waals surface area contributed by atoms with Gasteiger partial charge in [0.05, 0.1) is 17.0 Å². The first kappa shape index (κ1) is 12.9. The molecule has 0 bridgehead atoms. The number of H-pyrrole nitrogens is 1. The number of aliphatic hydroxyl groups excluding tert-OH is 1. The third kappa shape index (κ3) is 2.80. The van der Waals surface area contributed by atoms with Gasteiger partial charge in [-0.15, -0.1) is 0 Å². The molecule has 0 saturated carbocycles. The van der Waals surface area contributed by atoms with Crippen molar-refractivity contribution < 1.29 is 10.2 Å². The van der Waals surface area contributed by atoms with E-state index >= 15 is 0 Å². The molecule has 0 spiro atoms. The molecule has 98 valence electrons. The van der Waals surface area contributed by atoms with Crippen LogP contribution in [0.4, 0.5) is 0 Å². The molecule has 2 aromatic rings. The Labute approximate surface area is 106 Å². The molecule has 1 heterocycles. The van der Waals surface area contributed by atoms with Gasteiger partial charge in [0.1, 0.15) is 5.75 Å². The number of aromatic nitrogens is 2. The third-order valence-corrected chi connectivity index (χ3v) is 2.84. The minimum Gasteiger partial charge on any atom is -0.507 e. The monoisotopic (exact) mass is 249 g/mol. The lowest BCUT2D eigenvalue weighted by atomic mass is 10.1. The summed E-state index contributed by atoms with van der Waals surface area (Å²) in [7, 11) is 0. The van der Waals surface area contributed by atoms with Gasteiger partial charge in [-0.2, -0.15) is 5.10 Å². The Morgan fingerprint density at radius 1 is 1.39 bits per heavy atom. The number of phenolic OH excluding ortho intramolecular Hbond substituents is 1. The molecule has 0 saturated heterocycles. The molecule has 18 heavy (non-hydrogen) atoms. The summed E-state index contributed by atoms with van der Waals surface area (Å²) >= 11 is 0. The van der Waals surface area contributed by atoms with E-state index in [1.165, 1.54) is 0 Å². The van der Waals surface area contributed by atoms with E-state index in [1.54, 1.807) is 12.1 Å². The normalized spacial score (nSPS) is 13.3. The fourth-order valence-electron chi connectivity index (χ4n) is 1.94. The molecule has 5 nitrogen and oxygen atoms in total. The molecular formula is C13H19N3O2. The lowest BCUT2D eigenvalue weighted by molar-refractivity contribution is 0.168. The topological polar surface area (TPSA) is 81.2 Å². The fourth-order valence-corrected chi connectivity index (χ4v) is 1.94. The van der Waals surface area contributed by atoms with Crippen LogP contribution in [0.25, 0.3) is 10.9 Å². The van der Waals surface area contributed by atoms with Crippen molar-refractivity contribution in [3.63, 3.8) is 0 Å². The van der Waals surface area contributed by atoms with Crippen LogP contribution in [0.5, 0.6) is 5.75 Å². The molecule has 0 aliphatic heterocycles. The zero-order valence-electron chi connectivity index (χ0n) is 10.6. The predicted molar refractivity (Wildman–Crippen MR) is 70.6 cm³/mol. The molecule has 1 unspecified atom stereocenters. The first-order chi connectivity index (χ1) is 8.58. The zero-order valence-corrected chi connectivity index (χ0v) is 10.6. The Bertz CT molecular complexity index is 522. The first-order valence-corrected chi connectivity index (χ1v) is 6.14. The minimum atomic E-state index is -0.504. The van der Waals surface area contributed by atoms with Crippen LogP contribution in [0.3, 0.4) is 0 Å². The summed E-state index contributed by atoms with van der Waals surface area (Å²) in [5.41, 5.74) is 1.48. The molecule has 0 aliphatic rings. The number of hydrogen-bond acceptors (Lipinski definition) is 4. The molecule has 0 radical (unpaired) electrons. The van der Waals surface area contributed by atoms with Crippen molar-refractivity contribution in [1.82, 2.24) is 15.5 Å². The number of benzene rings is 1. The van der Waals surface area contributed by atoms with Crippen LogP contribution in [0.15, 0.2) is 18.2 Å². The Morgan fingerprint density at radius 2 is 2.17 bits per heavy atom. The van der Waals surface area contributed by atoms with Crippen molar-refractivity contribution in [2.75, 3.05) is 6.54 Å². The Hall–Kier alpha value is -1.59. The van der Waals surface area contributed by atoms with E-state index in [0.29, 0.717) is 29.9 Å². The molecule has 1 aromatic carbocycles. The second kappa shape index (κ2) is 5.37. The number of rotatable bonds is 5. The van der Waals surface area contributed by atoms with Crippen molar-refractivity contribution in [3.05, 3.63) is 23.9 Å². The number of aromatic hydroxyl groups is 1. The van der Waals surface area contributed by atoms with E-state index in [1.807, 2.05) is 19.9 Å². The zero-order chi connectivity index (χ0) is 13.1. The number of fused-ring (bicyclic) bond motifs is 1. The van der Waals surface area contributed by atoms with Gasteiger partial charge in [-0.25, -0.2) is 0 Å². The molecule has 4 N–H and O–H groups in total. The Kier molecular flexibility index (Phi) is 3.84. The van der Waals surface area contributed by atoms with Crippen LogP contribution >= 0.6 is 0 Å². The van der Waals surface area contributed by atoms with Crippen LogP contribution in [0, 0.1) is 0 Å². The van der Waals surface area contributed by atoms with E-state index < -0.39 is 6.10 Å². The van der Waals surface area contributed by atoms with Gasteiger partial charge in [-0.3, -0.25) is 5.10 Å². The van der Waals surface area contributed by atoms with E-state index in [4.69, 9.17) is 0 Å². The molecule has 0 aliphatic carbocycles. The smallest absolute Gasteiger partial charge is 0.126 e. The maximum atomic E-state index is 9.93. The van der Waals surface area contributed by atoms with E-state index in [2.05, 4.69) is 15.5 Å². The van der Waals surface area contributed by atoms with Gasteiger partial charge < -0.3 is 15.5 Å². The summed E-state index contributed by atoms with van der Waals surface area (Å²) in [6.45, 7) is 4.58. The van der Waals surface area contributed by atoms with Gasteiger partial charge in [-0.1, -0.05) is 19.9 Å². The quantitative estimate of drug-likeness (QED) is 0.641. The average Bonchev–Trinajstić information content (AvgIpc) is 2.71. The van der Waals surface area contributed by atoms with Gasteiger partial charge in [0.15, 0.2) is 0 Å². The van der Waals surface area contributed by atoms with Crippen LogP contribution in [0.1, 0.15) is 19.5 Å². The van der Waals surface area contributed by atoms with Gasteiger partial charge in [-0.05, 0) is 12.1 Å². The van der Waals surface area contributed by atoms with Crippen molar-refractivity contribution in [3.8, 4) is 5.75 Å². The molecule has 5 heteroatoms. The molecule has 1 atom stereocenters. The van der Waals surface area contributed by atoms with Crippen LogP contribution in [-0.2, 0) is 6.42 Å². The summed E-state index contributed by atoms with van der Waals surface area (Å²) in [6, 6.07) is 5.54. The highest BCUT2D eigenvalue weighted by atomic mass is 16.3. The number of nitrogens with zero attached hydrogens (tertiary/aromatic N) is 1. The van der Waals surface area contributed by atoms with E-state index in [9.17, 15) is 10.2 Å². The molecule has 2 rings (SSSR count). The lowest BCUT2D eigenvalue weighted by Gasteiger charge is -2.13. The number of aromatic amines is 1. The van der Waals surface area contributed by atoms with Gasteiger partial charge >= 0.3 is 0 Å². The molecule has 1 aromatic heterocycles. The minimum absolute atomic E-state index is 0.195. The van der Waals surface area contributed by atoms with Gasteiger partial charge in [0, 0.05) is 24.7 Å². The highest BCUT2D eigenvalue weighted by Gasteiger charge is 2.13. The summed E-state index contributed by atoms with van der Waals surface area (Å²) < 4.78 is 0. The van der Waals surface area contributed by atoms with Crippen LogP contribution in [-0.4, -0.2) is 39.1 Å². The van der Waals surface area contributed by atoms with E-state index in [-0.39, 0.29) is 5.75 Å². The van der Waals surface area contributed by atoms with Crippen molar-refractivity contribution >= 4 is 10.9 Å². The van der Waals surface area contributed by atoms with Gasteiger partial charge in [0.25, 0.3) is 0 Å². The fraction of sp³-hybridized carbons (Fsp3) is 0.462. The van der Waals surface area contributed by atoms with Crippen LogP contribution in [0.2, 0.25) is 0 Å². The Balaban J connectivity index is 2.12. The molecule has 0 fully saturated rings.